The summed E-state index contributed by atoms with van der Waals surface area (Å²) in [5, 5.41) is 12.8. The van der Waals surface area contributed by atoms with Gasteiger partial charge in [0.2, 0.25) is 0 Å². The summed E-state index contributed by atoms with van der Waals surface area (Å²) < 4.78 is 0. The summed E-state index contributed by atoms with van der Waals surface area (Å²) in [6, 6.07) is 7.44. The van der Waals surface area contributed by atoms with Gasteiger partial charge in [-0.3, -0.25) is 0 Å². The molecule has 16 heavy (non-hydrogen) atoms. The molecule has 0 spiro atoms. The van der Waals surface area contributed by atoms with Crippen molar-refractivity contribution in [2.75, 3.05) is 11.9 Å². The van der Waals surface area contributed by atoms with E-state index in [1.54, 1.807) is 18.2 Å². The van der Waals surface area contributed by atoms with Crippen molar-refractivity contribution in [2.45, 2.75) is 32.6 Å². The number of rotatable bonds is 6. The molecule has 0 aliphatic carbocycles. The summed E-state index contributed by atoms with van der Waals surface area (Å²) in [6.07, 6.45) is 4.86. The fraction of sp³-hybridized carbons (Fsp3) is 0.462. The Kier molecular flexibility index (Phi) is 5.74. The first kappa shape index (κ1) is 12.9. The van der Waals surface area contributed by atoms with Gasteiger partial charge < -0.3 is 5.32 Å². The summed E-state index contributed by atoms with van der Waals surface area (Å²) >= 11 is 5.89. The van der Waals surface area contributed by atoms with E-state index in [-0.39, 0.29) is 0 Å². The number of anilines is 1. The summed E-state index contributed by atoms with van der Waals surface area (Å²) in [6.45, 7) is 3.09. The Bertz CT molecular complexity index is 369. The fourth-order valence-corrected chi connectivity index (χ4v) is 1.71. The molecule has 0 radical (unpaired) electrons. The van der Waals surface area contributed by atoms with Crippen LogP contribution in [0.4, 0.5) is 5.69 Å². The molecule has 1 aromatic carbocycles. The lowest BCUT2D eigenvalue weighted by molar-refractivity contribution is 0.685. The first-order chi connectivity index (χ1) is 7.77. The predicted molar refractivity (Wildman–Crippen MR) is 68.8 cm³/mol. The summed E-state index contributed by atoms with van der Waals surface area (Å²) in [4.78, 5) is 0. The Hall–Kier alpha value is -1.20. The number of halogens is 1. The minimum atomic E-state index is 0.653. The van der Waals surface area contributed by atoms with Crippen LogP contribution in [0.2, 0.25) is 5.02 Å². The Morgan fingerprint density at radius 2 is 2.12 bits per heavy atom. The molecule has 1 rings (SSSR count). The molecule has 0 bridgehead atoms. The maximum Gasteiger partial charge on any atom is 0.101 e. The summed E-state index contributed by atoms with van der Waals surface area (Å²) in [5.74, 6) is 0. The molecule has 86 valence electrons. The maximum atomic E-state index is 8.92. The molecule has 0 aliphatic heterocycles. The number of hydrogen-bond donors (Lipinski definition) is 1. The SMILES string of the molecule is CCCCCCNc1cc(Cl)ccc1C#N. The van der Waals surface area contributed by atoms with E-state index in [4.69, 9.17) is 16.9 Å². The van der Waals surface area contributed by atoms with Crippen LogP contribution in [0.15, 0.2) is 18.2 Å². The first-order valence-electron chi connectivity index (χ1n) is 5.71. The summed E-state index contributed by atoms with van der Waals surface area (Å²) in [5.41, 5.74) is 1.49. The second kappa shape index (κ2) is 7.14. The zero-order valence-electron chi connectivity index (χ0n) is 9.59. The molecule has 0 heterocycles. The van der Waals surface area contributed by atoms with E-state index in [2.05, 4.69) is 18.3 Å². The molecule has 1 N–H and O–H groups in total. The van der Waals surface area contributed by atoms with Gasteiger partial charge in [-0.2, -0.15) is 5.26 Å². The van der Waals surface area contributed by atoms with E-state index in [0.717, 1.165) is 18.7 Å². The quantitative estimate of drug-likeness (QED) is 0.752. The number of benzene rings is 1. The van der Waals surface area contributed by atoms with Gasteiger partial charge >= 0.3 is 0 Å². The molecule has 1 aromatic rings. The monoisotopic (exact) mass is 236 g/mol. The lowest BCUT2D eigenvalue weighted by atomic mass is 10.1. The van der Waals surface area contributed by atoms with E-state index in [1.807, 2.05) is 0 Å². The van der Waals surface area contributed by atoms with Crippen molar-refractivity contribution in [3.63, 3.8) is 0 Å². The Morgan fingerprint density at radius 1 is 1.31 bits per heavy atom. The molecule has 0 aliphatic rings. The third-order valence-corrected chi connectivity index (χ3v) is 2.68. The highest BCUT2D eigenvalue weighted by Gasteiger charge is 2.01. The van der Waals surface area contributed by atoms with Crippen LogP contribution in [0.5, 0.6) is 0 Å². The summed E-state index contributed by atoms with van der Waals surface area (Å²) in [7, 11) is 0. The van der Waals surface area contributed by atoms with Crippen LogP contribution in [0.3, 0.4) is 0 Å². The average Bonchev–Trinajstić information content (AvgIpc) is 2.29. The lowest BCUT2D eigenvalue weighted by Crippen LogP contribution is -2.03. The number of hydrogen-bond acceptors (Lipinski definition) is 2. The molecule has 0 unspecified atom stereocenters. The molecule has 0 saturated carbocycles. The Labute approximate surface area is 102 Å². The minimum Gasteiger partial charge on any atom is -0.384 e. The van der Waals surface area contributed by atoms with Crippen molar-refractivity contribution in [2.24, 2.45) is 0 Å². The van der Waals surface area contributed by atoms with Gasteiger partial charge in [0.25, 0.3) is 0 Å². The molecule has 0 atom stereocenters. The maximum absolute atomic E-state index is 8.92. The topological polar surface area (TPSA) is 35.8 Å². The third-order valence-electron chi connectivity index (χ3n) is 2.45. The zero-order valence-corrected chi connectivity index (χ0v) is 10.3. The van der Waals surface area contributed by atoms with Crippen LogP contribution in [-0.4, -0.2) is 6.54 Å². The average molecular weight is 237 g/mol. The second-order valence-corrected chi connectivity index (χ2v) is 4.23. The highest BCUT2D eigenvalue weighted by Crippen LogP contribution is 2.20. The molecule has 2 nitrogen and oxygen atoms in total. The van der Waals surface area contributed by atoms with Crippen molar-refractivity contribution in [1.82, 2.24) is 0 Å². The zero-order chi connectivity index (χ0) is 11.8. The highest BCUT2D eigenvalue weighted by atomic mass is 35.5. The van der Waals surface area contributed by atoms with Crippen molar-refractivity contribution < 1.29 is 0 Å². The van der Waals surface area contributed by atoms with Gasteiger partial charge in [0.05, 0.1) is 11.3 Å². The van der Waals surface area contributed by atoms with Crippen LogP contribution < -0.4 is 5.32 Å². The van der Waals surface area contributed by atoms with Gasteiger partial charge in [-0.05, 0) is 24.6 Å². The van der Waals surface area contributed by atoms with E-state index in [0.29, 0.717) is 10.6 Å². The smallest absolute Gasteiger partial charge is 0.101 e. The van der Waals surface area contributed by atoms with Gasteiger partial charge in [0.1, 0.15) is 6.07 Å². The molecule has 0 amide bonds. The number of unbranched alkanes of at least 4 members (excludes halogenated alkanes) is 3. The van der Waals surface area contributed by atoms with Crippen LogP contribution in [0.1, 0.15) is 38.2 Å². The molecule has 0 fully saturated rings. The van der Waals surface area contributed by atoms with E-state index >= 15 is 0 Å². The highest BCUT2D eigenvalue weighted by molar-refractivity contribution is 6.30. The molecule has 0 saturated heterocycles. The third kappa shape index (κ3) is 4.12. The van der Waals surface area contributed by atoms with Crippen LogP contribution >= 0.6 is 11.6 Å². The molecule has 0 aromatic heterocycles. The van der Waals surface area contributed by atoms with E-state index < -0.39 is 0 Å². The van der Waals surface area contributed by atoms with Crippen molar-refractivity contribution >= 4 is 17.3 Å². The predicted octanol–water partition coefficient (Wildman–Crippen LogP) is 4.20. The molecule has 3 heteroatoms. The fourth-order valence-electron chi connectivity index (χ4n) is 1.54. The van der Waals surface area contributed by atoms with E-state index in [1.165, 1.54) is 19.3 Å². The first-order valence-corrected chi connectivity index (χ1v) is 6.09. The standard InChI is InChI=1S/C13H17ClN2/c1-2-3-4-5-8-16-13-9-12(14)7-6-11(13)10-15/h6-7,9,16H,2-5,8H2,1H3. The van der Waals surface area contributed by atoms with Crippen molar-refractivity contribution in [3.8, 4) is 6.07 Å². The van der Waals surface area contributed by atoms with Gasteiger partial charge in [-0.1, -0.05) is 37.8 Å². The number of nitriles is 1. The van der Waals surface area contributed by atoms with Gasteiger partial charge in [0.15, 0.2) is 0 Å². The Balaban J connectivity index is 2.46. The Morgan fingerprint density at radius 3 is 2.81 bits per heavy atom. The van der Waals surface area contributed by atoms with E-state index in [9.17, 15) is 0 Å². The van der Waals surface area contributed by atoms with Crippen LogP contribution in [0, 0.1) is 11.3 Å². The normalized spacial score (nSPS) is 9.81. The largest absolute Gasteiger partial charge is 0.384 e. The van der Waals surface area contributed by atoms with Crippen molar-refractivity contribution in [3.05, 3.63) is 28.8 Å². The molecular formula is C13H17ClN2. The minimum absolute atomic E-state index is 0.653. The lowest BCUT2D eigenvalue weighted by Gasteiger charge is -2.08. The number of nitrogens with one attached hydrogen (secondary N) is 1. The van der Waals surface area contributed by atoms with Crippen LogP contribution in [0.25, 0.3) is 0 Å². The van der Waals surface area contributed by atoms with Crippen LogP contribution in [-0.2, 0) is 0 Å². The van der Waals surface area contributed by atoms with Gasteiger partial charge in [-0.15, -0.1) is 0 Å². The molecular weight excluding hydrogens is 220 g/mol. The van der Waals surface area contributed by atoms with Crippen molar-refractivity contribution in [1.29, 1.82) is 5.26 Å². The number of nitrogens with zero attached hydrogens (tertiary/aromatic N) is 1. The van der Waals surface area contributed by atoms with Gasteiger partial charge in [-0.25, -0.2) is 0 Å². The van der Waals surface area contributed by atoms with Gasteiger partial charge in [0, 0.05) is 11.6 Å². The second-order valence-electron chi connectivity index (χ2n) is 3.79.